The van der Waals surface area contributed by atoms with Gasteiger partial charge in [0, 0.05) is 54.0 Å². The SMILES string of the molecule is CCOc1cc(C(=O)N2CCC3(CC2)CC(=O)c2cc(-c4nn[nH]n4)ccc2O3)cc2c(OCC)nccc12. The molecule has 4 heterocycles. The van der Waals surface area contributed by atoms with E-state index in [0.29, 0.717) is 79.0 Å². The number of hydrogen-bond donors (Lipinski definition) is 1. The van der Waals surface area contributed by atoms with Crippen LogP contribution in [0.15, 0.2) is 42.6 Å². The van der Waals surface area contributed by atoms with Crippen LogP contribution in [0.1, 0.15) is 53.8 Å². The summed E-state index contributed by atoms with van der Waals surface area (Å²) >= 11 is 0. The van der Waals surface area contributed by atoms with Gasteiger partial charge in [0.25, 0.3) is 5.91 Å². The maximum Gasteiger partial charge on any atom is 0.254 e. The monoisotopic (exact) mass is 528 g/mol. The number of benzene rings is 2. The van der Waals surface area contributed by atoms with E-state index in [-0.39, 0.29) is 18.1 Å². The molecule has 1 fully saturated rings. The topological polar surface area (TPSA) is 132 Å². The highest BCUT2D eigenvalue weighted by Gasteiger charge is 2.44. The van der Waals surface area contributed by atoms with Crippen molar-refractivity contribution in [2.24, 2.45) is 0 Å². The molecule has 1 N–H and O–H groups in total. The van der Waals surface area contributed by atoms with Gasteiger partial charge in [0.15, 0.2) is 5.78 Å². The molecule has 4 aromatic rings. The summed E-state index contributed by atoms with van der Waals surface area (Å²) < 4.78 is 18.0. The standard InChI is InChI=1S/C28H28N6O5/c1-3-37-24-15-18(14-20-19(24)7-10-29-26(20)38-4-2)27(36)34-11-8-28(9-12-34)16-22(35)21-13-17(5-6-23(21)39-28)25-30-32-33-31-25/h5-7,10,13-15H,3-4,8-9,11-12,16H2,1-2H3,(H,30,31,32,33). The van der Waals surface area contributed by atoms with E-state index in [1.807, 2.05) is 36.9 Å². The normalized spacial score (nSPS) is 16.2. The maximum atomic E-state index is 13.6. The number of aromatic amines is 1. The first-order valence-corrected chi connectivity index (χ1v) is 13.1. The Hall–Kier alpha value is -4.54. The van der Waals surface area contributed by atoms with Crippen LogP contribution in [-0.2, 0) is 0 Å². The molecule has 0 atom stereocenters. The maximum absolute atomic E-state index is 13.6. The molecule has 39 heavy (non-hydrogen) atoms. The molecule has 200 valence electrons. The van der Waals surface area contributed by atoms with Crippen LogP contribution in [0.2, 0.25) is 0 Å². The third-order valence-electron chi connectivity index (χ3n) is 7.29. The molecule has 2 aliphatic heterocycles. The molecule has 1 saturated heterocycles. The highest BCUT2D eigenvalue weighted by atomic mass is 16.5. The molecule has 11 nitrogen and oxygen atoms in total. The van der Waals surface area contributed by atoms with E-state index in [0.717, 1.165) is 10.8 Å². The second-order valence-corrected chi connectivity index (χ2v) is 9.68. The fourth-order valence-corrected chi connectivity index (χ4v) is 5.37. The summed E-state index contributed by atoms with van der Waals surface area (Å²) in [5.74, 6) is 1.96. The molecular formula is C28H28N6O5. The third-order valence-corrected chi connectivity index (χ3v) is 7.29. The summed E-state index contributed by atoms with van der Waals surface area (Å²) in [5.41, 5.74) is 1.08. The number of ether oxygens (including phenoxy) is 3. The van der Waals surface area contributed by atoms with E-state index in [9.17, 15) is 9.59 Å². The molecule has 0 unspecified atom stereocenters. The van der Waals surface area contributed by atoms with Crippen LogP contribution in [0.25, 0.3) is 22.2 Å². The van der Waals surface area contributed by atoms with Crippen LogP contribution in [-0.4, -0.2) is 74.1 Å². The molecule has 2 aliphatic rings. The lowest BCUT2D eigenvalue weighted by atomic mass is 9.82. The van der Waals surface area contributed by atoms with Gasteiger partial charge in [-0.05, 0) is 55.5 Å². The number of nitrogens with one attached hydrogen (secondary N) is 1. The molecule has 0 radical (unpaired) electrons. The van der Waals surface area contributed by atoms with E-state index in [2.05, 4.69) is 25.6 Å². The lowest BCUT2D eigenvalue weighted by Crippen LogP contribution is -2.52. The Morgan fingerprint density at radius 3 is 2.64 bits per heavy atom. The number of ketones is 1. The number of carbonyl (C=O) groups excluding carboxylic acids is 2. The summed E-state index contributed by atoms with van der Waals surface area (Å²) in [4.78, 5) is 33.0. The molecule has 11 heteroatoms. The molecule has 0 bridgehead atoms. The van der Waals surface area contributed by atoms with Gasteiger partial charge < -0.3 is 19.1 Å². The van der Waals surface area contributed by atoms with Gasteiger partial charge in [-0.25, -0.2) is 4.98 Å². The number of nitrogens with zero attached hydrogens (tertiary/aromatic N) is 5. The van der Waals surface area contributed by atoms with Crippen LogP contribution >= 0.6 is 0 Å². The minimum atomic E-state index is -0.638. The van der Waals surface area contributed by atoms with Gasteiger partial charge in [0.05, 0.1) is 25.2 Å². The minimum Gasteiger partial charge on any atom is -0.493 e. The Kier molecular flexibility index (Phi) is 6.34. The molecule has 6 rings (SSSR count). The largest absolute Gasteiger partial charge is 0.493 e. The van der Waals surface area contributed by atoms with Crippen molar-refractivity contribution in [3.8, 4) is 28.8 Å². The van der Waals surface area contributed by atoms with E-state index >= 15 is 0 Å². The number of fused-ring (bicyclic) bond motifs is 2. The number of tetrazole rings is 1. The van der Waals surface area contributed by atoms with E-state index in [4.69, 9.17) is 14.2 Å². The zero-order chi connectivity index (χ0) is 27.0. The number of amides is 1. The van der Waals surface area contributed by atoms with Crippen molar-refractivity contribution < 1.29 is 23.8 Å². The number of likely N-dealkylation sites (tertiary alicyclic amines) is 1. The van der Waals surface area contributed by atoms with E-state index in [1.165, 1.54) is 0 Å². The number of pyridine rings is 1. The summed E-state index contributed by atoms with van der Waals surface area (Å²) in [6.07, 6.45) is 3.03. The zero-order valence-electron chi connectivity index (χ0n) is 21.8. The summed E-state index contributed by atoms with van der Waals surface area (Å²) in [6, 6.07) is 10.8. The average molecular weight is 529 g/mol. The van der Waals surface area contributed by atoms with Crippen molar-refractivity contribution >= 4 is 22.5 Å². The van der Waals surface area contributed by atoms with Crippen molar-refractivity contribution in [2.75, 3.05) is 26.3 Å². The minimum absolute atomic E-state index is 0.00760. The van der Waals surface area contributed by atoms with Crippen molar-refractivity contribution in [1.82, 2.24) is 30.5 Å². The smallest absolute Gasteiger partial charge is 0.254 e. The molecule has 2 aromatic heterocycles. The van der Waals surface area contributed by atoms with Gasteiger partial charge in [0.1, 0.15) is 17.1 Å². The predicted molar refractivity (Wildman–Crippen MR) is 141 cm³/mol. The highest BCUT2D eigenvalue weighted by molar-refractivity contribution is 6.03. The Morgan fingerprint density at radius 2 is 1.90 bits per heavy atom. The number of rotatable bonds is 6. The first kappa shape index (κ1) is 24.8. The summed E-state index contributed by atoms with van der Waals surface area (Å²) in [6.45, 7) is 5.67. The number of piperidine rings is 1. The van der Waals surface area contributed by atoms with Gasteiger partial charge >= 0.3 is 0 Å². The van der Waals surface area contributed by atoms with Crippen molar-refractivity contribution in [3.05, 3.63) is 53.7 Å². The Labute approximate surface area is 224 Å². The Balaban J connectivity index is 1.22. The lowest BCUT2D eigenvalue weighted by Gasteiger charge is -2.44. The predicted octanol–water partition coefficient (Wildman–Crippen LogP) is 3.85. The lowest BCUT2D eigenvalue weighted by molar-refractivity contribution is -0.00570. The van der Waals surface area contributed by atoms with Gasteiger partial charge in [-0.1, -0.05) is 0 Å². The number of aromatic nitrogens is 5. The van der Waals surface area contributed by atoms with Crippen LogP contribution in [0.5, 0.6) is 17.4 Å². The molecular weight excluding hydrogens is 500 g/mol. The molecule has 1 spiro atoms. The highest BCUT2D eigenvalue weighted by Crippen LogP contribution is 2.41. The van der Waals surface area contributed by atoms with Crippen LogP contribution < -0.4 is 14.2 Å². The van der Waals surface area contributed by atoms with E-state index in [1.54, 1.807) is 24.4 Å². The van der Waals surface area contributed by atoms with Gasteiger partial charge in [-0.3, -0.25) is 9.59 Å². The fourth-order valence-electron chi connectivity index (χ4n) is 5.37. The second-order valence-electron chi connectivity index (χ2n) is 9.68. The summed E-state index contributed by atoms with van der Waals surface area (Å²) in [5, 5.41) is 15.6. The number of carbonyl (C=O) groups is 2. The quantitative estimate of drug-likeness (QED) is 0.396. The Bertz CT molecular complexity index is 1550. The first-order valence-electron chi connectivity index (χ1n) is 13.1. The van der Waals surface area contributed by atoms with Crippen LogP contribution in [0, 0.1) is 0 Å². The fraction of sp³-hybridized carbons (Fsp3) is 0.357. The average Bonchev–Trinajstić information content (AvgIpc) is 3.49. The number of hydrogen-bond acceptors (Lipinski definition) is 9. The van der Waals surface area contributed by atoms with Crippen molar-refractivity contribution in [2.45, 2.75) is 38.7 Å². The number of Topliss-reactive ketones (excluding diaryl/α,β-unsaturated/α-hetero) is 1. The zero-order valence-corrected chi connectivity index (χ0v) is 21.8. The van der Waals surface area contributed by atoms with Gasteiger partial charge in [-0.2, -0.15) is 5.21 Å². The van der Waals surface area contributed by atoms with Crippen molar-refractivity contribution in [1.29, 1.82) is 0 Å². The molecule has 1 amide bonds. The van der Waals surface area contributed by atoms with Gasteiger partial charge in [-0.15, -0.1) is 10.2 Å². The number of H-pyrrole nitrogens is 1. The second kappa shape index (κ2) is 9.97. The van der Waals surface area contributed by atoms with Gasteiger partial charge in [0.2, 0.25) is 11.7 Å². The summed E-state index contributed by atoms with van der Waals surface area (Å²) in [7, 11) is 0. The van der Waals surface area contributed by atoms with Crippen LogP contribution in [0.4, 0.5) is 0 Å². The first-order chi connectivity index (χ1) is 19.0. The molecule has 2 aromatic carbocycles. The molecule has 0 aliphatic carbocycles. The Morgan fingerprint density at radius 1 is 1.08 bits per heavy atom. The molecule has 0 saturated carbocycles. The van der Waals surface area contributed by atoms with E-state index < -0.39 is 5.60 Å². The van der Waals surface area contributed by atoms with Crippen molar-refractivity contribution in [3.63, 3.8) is 0 Å². The van der Waals surface area contributed by atoms with Crippen LogP contribution in [0.3, 0.4) is 0 Å². The third kappa shape index (κ3) is 4.53.